The van der Waals surface area contributed by atoms with Crippen molar-refractivity contribution in [1.82, 2.24) is 14.7 Å². The van der Waals surface area contributed by atoms with Gasteiger partial charge in [-0.1, -0.05) is 6.07 Å². The Hall–Kier alpha value is -2.04. The highest BCUT2D eigenvalue weighted by Crippen LogP contribution is 2.21. The number of aromatic carboxylic acids is 1. The molecule has 0 atom stereocenters. The molecule has 0 saturated carbocycles. The highest BCUT2D eigenvalue weighted by Gasteiger charge is 2.25. The molecular formula is C11H11N3O5S2. The number of hydrogen-bond acceptors (Lipinski definition) is 7. The van der Waals surface area contributed by atoms with Crippen LogP contribution >= 0.6 is 11.3 Å². The average Bonchev–Trinajstić information content (AvgIpc) is 2.96. The molecule has 2 heterocycles. The summed E-state index contributed by atoms with van der Waals surface area (Å²) in [6, 6.07) is 3.29. The smallest absolute Gasteiger partial charge is 0.356 e. The van der Waals surface area contributed by atoms with Crippen LogP contribution in [0.1, 0.15) is 16.1 Å². The lowest BCUT2D eigenvalue weighted by Gasteiger charge is -2.08. The summed E-state index contributed by atoms with van der Waals surface area (Å²) in [5, 5.41) is 8.91. The fourth-order valence-corrected chi connectivity index (χ4v) is 3.74. The van der Waals surface area contributed by atoms with Gasteiger partial charge in [-0.3, -0.25) is 0 Å². The van der Waals surface area contributed by atoms with Crippen LogP contribution in [0.25, 0.3) is 0 Å². The van der Waals surface area contributed by atoms with Crippen molar-refractivity contribution in [2.75, 3.05) is 7.11 Å². The van der Waals surface area contributed by atoms with Crippen LogP contribution in [-0.4, -0.2) is 36.6 Å². The van der Waals surface area contributed by atoms with Gasteiger partial charge in [-0.05, 0) is 6.07 Å². The van der Waals surface area contributed by atoms with Crippen LogP contribution in [0.4, 0.5) is 0 Å². The first-order valence-electron chi connectivity index (χ1n) is 5.60. The van der Waals surface area contributed by atoms with Crippen molar-refractivity contribution >= 4 is 27.3 Å². The summed E-state index contributed by atoms with van der Waals surface area (Å²) in [5.74, 6) is -1.10. The van der Waals surface area contributed by atoms with Crippen molar-refractivity contribution in [2.45, 2.75) is 10.8 Å². The van der Waals surface area contributed by atoms with Gasteiger partial charge in [0.15, 0.2) is 9.90 Å². The predicted octanol–water partition coefficient (Wildman–Crippen LogP) is 0.723. The maximum atomic E-state index is 12.1. The van der Waals surface area contributed by atoms with Gasteiger partial charge >= 0.3 is 5.97 Å². The summed E-state index contributed by atoms with van der Waals surface area (Å²) in [7, 11) is -2.55. The third kappa shape index (κ3) is 3.35. The first kappa shape index (κ1) is 15.4. The van der Waals surface area contributed by atoms with Gasteiger partial charge in [-0.15, -0.1) is 11.3 Å². The fraction of sp³-hybridized carbons (Fsp3) is 0.182. The third-order valence-electron chi connectivity index (χ3n) is 2.48. The van der Waals surface area contributed by atoms with Gasteiger partial charge in [-0.2, -0.15) is 0 Å². The SMILES string of the molecule is COc1ncccc1CNS(=O)(=O)c1scnc1C(=O)O. The van der Waals surface area contributed by atoms with Crippen molar-refractivity contribution in [3.05, 3.63) is 35.1 Å². The molecule has 0 aliphatic heterocycles. The van der Waals surface area contributed by atoms with Crippen LogP contribution in [0.2, 0.25) is 0 Å². The van der Waals surface area contributed by atoms with Crippen LogP contribution in [-0.2, 0) is 16.6 Å². The molecule has 0 saturated heterocycles. The van der Waals surface area contributed by atoms with E-state index in [1.807, 2.05) is 0 Å². The van der Waals surface area contributed by atoms with E-state index in [4.69, 9.17) is 9.84 Å². The monoisotopic (exact) mass is 329 g/mol. The minimum absolute atomic E-state index is 0.0731. The minimum atomic E-state index is -3.97. The van der Waals surface area contributed by atoms with Gasteiger partial charge in [0, 0.05) is 18.3 Å². The summed E-state index contributed by atoms with van der Waals surface area (Å²) in [5.41, 5.74) is 1.21. The second-order valence-electron chi connectivity index (χ2n) is 3.79. The molecule has 0 amide bonds. The van der Waals surface area contributed by atoms with E-state index in [1.54, 1.807) is 12.1 Å². The zero-order valence-electron chi connectivity index (χ0n) is 10.8. The zero-order valence-corrected chi connectivity index (χ0v) is 12.4. The second kappa shape index (κ2) is 6.16. The number of nitrogens with zero attached hydrogens (tertiary/aromatic N) is 2. The summed E-state index contributed by atoms with van der Waals surface area (Å²) < 4.78 is 31.2. The number of carboxylic acids is 1. The number of pyridine rings is 1. The highest BCUT2D eigenvalue weighted by atomic mass is 32.2. The van der Waals surface area contributed by atoms with E-state index in [9.17, 15) is 13.2 Å². The number of thiazole rings is 1. The number of rotatable bonds is 6. The molecule has 2 rings (SSSR count). The summed E-state index contributed by atoms with van der Waals surface area (Å²) in [6.45, 7) is -0.0731. The van der Waals surface area contributed by atoms with E-state index in [-0.39, 0.29) is 10.8 Å². The molecule has 0 aliphatic rings. The lowest BCUT2D eigenvalue weighted by molar-refractivity contribution is 0.0687. The molecule has 0 aliphatic carbocycles. The molecule has 0 radical (unpaired) electrons. The van der Waals surface area contributed by atoms with Crippen molar-refractivity contribution in [1.29, 1.82) is 0 Å². The van der Waals surface area contributed by atoms with E-state index < -0.39 is 21.7 Å². The lowest BCUT2D eigenvalue weighted by Crippen LogP contribution is -2.24. The molecule has 10 heteroatoms. The number of nitrogens with one attached hydrogen (secondary N) is 1. The van der Waals surface area contributed by atoms with Crippen LogP contribution in [0.5, 0.6) is 5.88 Å². The number of hydrogen-bond donors (Lipinski definition) is 2. The van der Waals surface area contributed by atoms with E-state index >= 15 is 0 Å². The molecule has 112 valence electrons. The molecule has 0 spiro atoms. The Balaban J connectivity index is 2.22. The zero-order chi connectivity index (χ0) is 15.5. The van der Waals surface area contributed by atoms with Crippen molar-refractivity contribution < 1.29 is 23.1 Å². The molecule has 0 aromatic carbocycles. The van der Waals surface area contributed by atoms with Gasteiger partial charge in [0.2, 0.25) is 5.88 Å². The Morgan fingerprint density at radius 2 is 2.24 bits per heavy atom. The minimum Gasteiger partial charge on any atom is -0.481 e. The van der Waals surface area contributed by atoms with Gasteiger partial charge in [0.25, 0.3) is 10.0 Å². The maximum Gasteiger partial charge on any atom is 0.356 e. The standard InChI is InChI=1S/C11H11N3O5S2/c1-19-9-7(3-2-4-12-9)5-14-21(17,18)11-8(10(15)16)13-6-20-11/h2-4,6,14H,5H2,1H3,(H,15,16). The topological polar surface area (TPSA) is 118 Å². The first-order valence-corrected chi connectivity index (χ1v) is 7.96. The number of ether oxygens (including phenoxy) is 1. The van der Waals surface area contributed by atoms with E-state index in [0.717, 1.165) is 11.3 Å². The average molecular weight is 329 g/mol. The number of methoxy groups -OCH3 is 1. The first-order chi connectivity index (χ1) is 9.95. The summed E-state index contributed by atoms with van der Waals surface area (Å²) >= 11 is 0.741. The molecule has 2 N–H and O–H groups in total. The Labute approximate surface area is 124 Å². The van der Waals surface area contributed by atoms with Gasteiger partial charge < -0.3 is 9.84 Å². The second-order valence-corrected chi connectivity index (χ2v) is 6.61. The molecule has 2 aromatic heterocycles. The summed E-state index contributed by atoms with van der Waals surface area (Å²) in [4.78, 5) is 18.4. The number of carboxylic acid groups (broad SMARTS) is 1. The number of carbonyl (C=O) groups is 1. The Bertz CT molecular complexity index is 757. The van der Waals surface area contributed by atoms with Crippen molar-refractivity contribution in [3.8, 4) is 5.88 Å². The van der Waals surface area contributed by atoms with E-state index in [0.29, 0.717) is 11.4 Å². The van der Waals surface area contributed by atoms with E-state index in [2.05, 4.69) is 14.7 Å². The number of aromatic nitrogens is 2. The van der Waals surface area contributed by atoms with Crippen LogP contribution in [0, 0.1) is 0 Å². The highest BCUT2D eigenvalue weighted by molar-refractivity contribution is 7.91. The Morgan fingerprint density at radius 3 is 2.90 bits per heavy atom. The molecule has 0 fully saturated rings. The van der Waals surface area contributed by atoms with Crippen LogP contribution in [0.3, 0.4) is 0 Å². The van der Waals surface area contributed by atoms with Crippen molar-refractivity contribution in [2.24, 2.45) is 0 Å². The molecule has 8 nitrogen and oxygen atoms in total. The molecule has 2 aromatic rings. The van der Waals surface area contributed by atoms with Gasteiger partial charge in [0.05, 0.1) is 12.6 Å². The van der Waals surface area contributed by atoms with E-state index in [1.165, 1.54) is 18.8 Å². The Kier molecular flexibility index (Phi) is 4.50. The maximum absolute atomic E-state index is 12.1. The quantitative estimate of drug-likeness (QED) is 0.801. The normalized spacial score (nSPS) is 11.3. The summed E-state index contributed by atoms with van der Waals surface area (Å²) in [6.07, 6.45) is 1.52. The molecular weight excluding hydrogens is 318 g/mol. The largest absolute Gasteiger partial charge is 0.481 e. The number of sulfonamides is 1. The Morgan fingerprint density at radius 1 is 1.48 bits per heavy atom. The molecule has 0 unspecified atom stereocenters. The van der Waals surface area contributed by atoms with Gasteiger partial charge in [0.1, 0.15) is 0 Å². The van der Waals surface area contributed by atoms with Crippen molar-refractivity contribution in [3.63, 3.8) is 0 Å². The third-order valence-corrected chi connectivity index (χ3v) is 5.25. The molecule has 21 heavy (non-hydrogen) atoms. The van der Waals surface area contributed by atoms with Gasteiger partial charge in [-0.25, -0.2) is 27.9 Å². The van der Waals surface area contributed by atoms with Crippen LogP contribution in [0.15, 0.2) is 28.0 Å². The van der Waals surface area contributed by atoms with Crippen LogP contribution < -0.4 is 9.46 Å². The molecule has 0 bridgehead atoms. The predicted molar refractivity (Wildman–Crippen MR) is 73.9 cm³/mol. The fourth-order valence-electron chi connectivity index (χ4n) is 1.55. The lowest BCUT2D eigenvalue weighted by atomic mass is 10.3.